The van der Waals surface area contributed by atoms with E-state index in [-0.39, 0.29) is 11.8 Å². The van der Waals surface area contributed by atoms with E-state index < -0.39 is 0 Å². The Kier molecular flexibility index (Phi) is 4.02. The van der Waals surface area contributed by atoms with Crippen LogP contribution in [0.4, 0.5) is 0 Å². The summed E-state index contributed by atoms with van der Waals surface area (Å²) in [5.74, 6) is 0.508. The molecule has 0 aromatic carbocycles. The van der Waals surface area contributed by atoms with Crippen molar-refractivity contribution in [2.45, 2.75) is 32.1 Å². The first-order valence-corrected chi connectivity index (χ1v) is 8.50. The second kappa shape index (κ2) is 5.79. The summed E-state index contributed by atoms with van der Waals surface area (Å²) in [7, 11) is 3.56. The van der Waals surface area contributed by atoms with Crippen LogP contribution in [0.15, 0.2) is 6.07 Å². The lowest BCUT2D eigenvalue weighted by Gasteiger charge is -2.26. The van der Waals surface area contributed by atoms with E-state index in [0.717, 1.165) is 50.1 Å². The first-order chi connectivity index (χ1) is 10.1. The fourth-order valence-electron chi connectivity index (χ4n) is 3.26. The standard InChI is InChI=1S/C16H22N2O2S/c1-17(2)16(20)14-10-12-9-11(5-6-13(12)21-14)15(19)18-7-3-4-8-18/h10-11H,3-9H2,1-2H3/t11-/m1/s1. The number of hydrogen-bond donors (Lipinski definition) is 0. The highest BCUT2D eigenvalue weighted by molar-refractivity contribution is 7.14. The van der Waals surface area contributed by atoms with Gasteiger partial charge < -0.3 is 9.80 Å². The van der Waals surface area contributed by atoms with Crippen molar-refractivity contribution in [1.29, 1.82) is 0 Å². The molecule has 1 aromatic rings. The van der Waals surface area contributed by atoms with Crippen molar-refractivity contribution in [3.63, 3.8) is 0 Å². The summed E-state index contributed by atoms with van der Waals surface area (Å²) in [5, 5.41) is 0. The van der Waals surface area contributed by atoms with Crippen LogP contribution in [0, 0.1) is 5.92 Å². The van der Waals surface area contributed by atoms with E-state index in [4.69, 9.17) is 0 Å². The number of carbonyl (C=O) groups is 2. The predicted molar refractivity (Wildman–Crippen MR) is 83.7 cm³/mol. The molecule has 0 bridgehead atoms. The van der Waals surface area contributed by atoms with Gasteiger partial charge in [0.1, 0.15) is 0 Å². The molecule has 1 aromatic heterocycles. The lowest BCUT2D eigenvalue weighted by Crippen LogP contribution is -2.36. The summed E-state index contributed by atoms with van der Waals surface area (Å²) >= 11 is 1.60. The van der Waals surface area contributed by atoms with Crippen LogP contribution in [0.5, 0.6) is 0 Å². The van der Waals surface area contributed by atoms with Crippen LogP contribution < -0.4 is 0 Å². The molecule has 2 heterocycles. The van der Waals surface area contributed by atoms with Crippen LogP contribution in [0.25, 0.3) is 0 Å². The van der Waals surface area contributed by atoms with Gasteiger partial charge in [0.25, 0.3) is 5.91 Å². The second-order valence-corrected chi connectivity index (χ2v) is 7.37. The number of hydrogen-bond acceptors (Lipinski definition) is 3. The van der Waals surface area contributed by atoms with Crippen molar-refractivity contribution in [3.8, 4) is 0 Å². The molecule has 1 aliphatic heterocycles. The molecular weight excluding hydrogens is 284 g/mol. The van der Waals surface area contributed by atoms with Crippen molar-refractivity contribution in [3.05, 3.63) is 21.4 Å². The van der Waals surface area contributed by atoms with Crippen LogP contribution in [-0.2, 0) is 17.6 Å². The van der Waals surface area contributed by atoms with E-state index in [0.29, 0.717) is 5.91 Å². The molecule has 114 valence electrons. The van der Waals surface area contributed by atoms with Gasteiger partial charge in [-0.15, -0.1) is 11.3 Å². The van der Waals surface area contributed by atoms with Crippen LogP contribution in [0.2, 0.25) is 0 Å². The molecule has 2 aliphatic rings. The maximum Gasteiger partial charge on any atom is 0.263 e. The predicted octanol–water partition coefficient (Wildman–Crippen LogP) is 2.18. The van der Waals surface area contributed by atoms with Crippen molar-refractivity contribution in [2.75, 3.05) is 27.2 Å². The zero-order valence-electron chi connectivity index (χ0n) is 12.7. The largest absolute Gasteiger partial charge is 0.344 e. The van der Waals surface area contributed by atoms with Crippen LogP contribution in [0.1, 0.15) is 39.4 Å². The van der Waals surface area contributed by atoms with Gasteiger partial charge in [-0.3, -0.25) is 9.59 Å². The van der Waals surface area contributed by atoms with E-state index >= 15 is 0 Å². The molecule has 2 amide bonds. The minimum absolute atomic E-state index is 0.0665. The lowest BCUT2D eigenvalue weighted by molar-refractivity contribution is -0.134. The first-order valence-electron chi connectivity index (χ1n) is 7.68. The van der Waals surface area contributed by atoms with Gasteiger partial charge >= 0.3 is 0 Å². The molecule has 1 aliphatic carbocycles. The Bertz CT molecular complexity index is 559. The molecule has 5 heteroatoms. The fraction of sp³-hybridized carbons (Fsp3) is 0.625. The molecule has 3 rings (SSSR count). The molecule has 0 N–H and O–H groups in total. The Labute approximate surface area is 129 Å². The minimum atomic E-state index is 0.0665. The highest BCUT2D eigenvalue weighted by atomic mass is 32.1. The fourth-order valence-corrected chi connectivity index (χ4v) is 4.49. The third kappa shape index (κ3) is 2.84. The quantitative estimate of drug-likeness (QED) is 0.840. The summed E-state index contributed by atoms with van der Waals surface area (Å²) < 4.78 is 0. The zero-order valence-corrected chi connectivity index (χ0v) is 13.5. The lowest BCUT2D eigenvalue weighted by atomic mass is 9.87. The van der Waals surface area contributed by atoms with Gasteiger partial charge in [-0.25, -0.2) is 0 Å². The summed E-state index contributed by atoms with van der Waals surface area (Å²) in [6.07, 6.45) is 4.96. The Hall–Kier alpha value is -1.36. The Morgan fingerprint density at radius 1 is 1.29 bits per heavy atom. The minimum Gasteiger partial charge on any atom is -0.344 e. The summed E-state index contributed by atoms with van der Waals surface area (Å²) in [5.41, 5.74) is 1.22. The molecular formula is C16H22N2O2S. The average molecular weight is 306 g/mol. The summed E-state index contributed by atoms with van der Waals surface area (Å²) in [4.78, 5) is 30.3. The molecule has 0 unspecified atom stereocenters. The molecule has 0 spiro atoms. The zero-order chi connectivity index (χ0) is 15.0. The number of aryl methyl sites for hydroxylation is 1. The third-order valence-electron chi connectivity index (χ3n) is 4.47. The maximum absolute atomic E-state index is 12.5. The van der Waals surface area contributed by atoms with Gasteiger partial charge in [0, 0.05) is 38.0 Å². The number of fused-ring (bicyclic) bond motifs is 1. The van der Waals surface area contributed by atoms with Crippen molar-refractivity contribution < 1.29 is 9.59 Å². The molecule has 0 radical (unpaired) electrons. The molecule has 21 heavy (non-hydrogen) atoms. The molecule has 0 saturated carbocycles. The third-order valence-corrected chi connectivity index (χ3v) is 5.69. The van der Waals surface area contributed by atoms with Crippen LogP contribution in [-0.4, -0.2) is 48.8 Å². The van der Waals surface area contributed by atoms with Crippen molar-refractivity contribution in [1.82, 2.24) is 9.80 Å². The monoisotopic (exact) mass is 306 g/mol. The topological polar surface area (TPSA) is 40.6 Å². The van der Waals surface area contributed by atoms with E-state index in [2.05, 4.69) is 0 Å². The summed E-state index contributed by atoms with van der Waals surface area (Å²) in [6.45, 7) is 1.85. The number of thiophene rings is 1. The van der Waals surface area contributed by atoms with Gasteiger partial charge in [-0.1, -0.05) is 0 Å². The van der Waals surface area contributed by atoms with E-state index in [1.807, 2.05) is 11.0 Å². The number of rotatable bonds is 2. The molecule has 4 nitrogen and oxygen atoms in total. The van der Waals surface area contributed by atoms with Gasteiger partial charge in [0.15, 0.2) is 0 Å². The van der Waals surface area contributed by atoms with Gasteiger partial charge in [-0.05, 0) is 43.7 Å². The van der Waals surface area contributed by atoms with Gasteiger partial charge in [0.05, 0.1) is 4.88 Å². The summed E-state index contributed by atoms with van der Waals surface area (Å²) in [6, 6.07) is 2.01. The smallest absolute Gasteiger partial charge is 0.263 e. The highest BCUT2D eigenvalue weighted by Gasteiger charge is 2.31. The van der Waals surface area contributed by atoms with Gasteiger partial charge in [-0.2, -0.15) is 0 Å². The van der Waals surface area contributed by atoms with E-state index in [1.165, 1.54) is 10.4 Å². The SMILES string of the molecule is CN(C)C(=O)c1cc2c(s1)CC[C@@H](C(=O)N1CCCC1)C2. The Balaban J connectivity index is 1.73. The number of likely N-dealkylation sites (tertiary alicyclic amines) is 1. The second-order valence-electron chi connectivity index (χ2n) is 6.23. The van der Waals surface area contributed by atoms with E-state index in [9.17, 15) is 9.59 Å². The molecule has 1 atom stereocenters. The van der Waals surface area contributed by atoms with Crippen molar-refractivity contribution >= 4 is 23.2 Å². The number of amides is 2. The Morgan fingerprint density at radius 3 is 2.67 bits per heavy atom. The molecule has 1 saturated heterocycles. The normalized spacial score (nSPS) is 21.2. The average Bonchev–Trinajstić information content (AvgIpc) is 3.13. The van der Waals surface area contributed by atoms with Crippen molar-refractivity contribution in [2.24, 2.45) is 5.92 Å². The first kappa shape index (κ1) is 14.6. The highest BCUT2D eigenvalue weighted by Crippen LogP contribution is 2.34. The number of nitrogens with zero attached hydrogens (tertiary/aromatic N) is 2. The molecule has 1 fully saturated rings. The Morgan fingerprint density at radius 2 is 2.00 bits per heavy atom. The van der Waals surface area contributed by atoms with Crippen LogP contribution in [0.3, 0.4) is 0 Å². The maximum atomic E-state index is 12.5. The van der Waals surface area contributed by atoms with Gasteiger partial charge in [0.2, 0.25) is 5.91 Å². The van der Waals surface area contributed by atoms with Crippen LogP contribution >= 0.6 is 11.3 Å². The number of carbonyl (C=O) groups excluding carboxylic acids is 2. The van der Waals surface area contributed by atoms with E-state index in [1.54, 1.807) is 30.3 Å².